The van der Waals surface area contributed by atoms with Crippen molar-refractivity contribution >= 4 is 5.78 Å². The fourth-order valence-electron chi connectivity index (χ4n) is 1.52. The van der Waals surface area contributed by atoms with Crippen molar-refractivity contribution in [2.45, 2.75) is 6.10 Å². The first kappa shape index (κ1) is 11.1. The number of rotatable bonds is 5. The Bertz CT molecular complexity index is 374. The lowest BCUT2D eigenvalue weighted by atomic mass is 10.1. The van der Waals surface area contributed by atoms with Gasteiger partial charge in [0.15, 0.2) is 5.78 Å². The van der Waals surface area contributed by atoms with Gasteiger partial charge in [-0.1, -0.05) is 12.1 Å². The quantitative estimate of drug-likeness (QED) is 0.749. The van der Waals surface area contributed by atoms with E-state index < -0.39 is 0 Å². The minimum atomic E-state index is 0.0401. The van der Waals surface area contributed by atoms with E-state index in [1.807, 2.05) is 18.2 Å². The third-order valence-electron chi connectivity index (χ3n) is 2.43. The second kappa shape index (κ2) is 5.09. The number of nitrogens with one attached hydrogen (secondary N) is 1. The monoisotopic (exact) mass is 221 g/mol. The highest BCUT2D eigenvalue weighted by Crippen LogP contribution is 2.21. The number of para-hydroxylation sites is 1. The molecule has 16 heavy (non-hydrogen) atoms. The Morgan fingerprint density at radius 2 is 2.25 bits per heavy atom. The maximum absolute atomic E-state index is 11.8. The topological polar surface area (TPSA) is 47.6 Å². The summed E-state index contributed by atoms with van der Waals surface area (Å²) in [5, 5.41) is 2.84. The Hall–Kier alpha value is -1.39. The second-order valence-corrected chi connectivity index (χ2v) is 3.73. The molecule has 2 rings (SSSR count). The van der Waals surface area contributed by atoms with Crippen LogP contribution in [-0.4, -0.2) is 38.7 Å². The first-order chi connectivity index (χ1) is 7.81. The van der Waals surface area contributed by atoms with Crippen molar-refractivity contribution in [2.75, 3.05) is 26.8 Å². The highest BCUT2D eigenvalue weighted by Gasteiger charge is 2.22. The fourth-order valence-corrected chi connectivity index (χ4v) is 1.52. The standard InChI is InChI=1S/C12H15NO3/c1-13-6-11(14)10-4-2-3-5-12(10)16-9-7-15-8-9/h2-5,9,13H,6-8H2,1H3. The van der Waals surface area contributed by atoms with Gasteiger partial charge in [0.2, 0.25) is 0 Å². The smallest absolute Gasteiger partial charge is 0.180 e. The van der Waals surface area contributed by atoms with E-state index in [1.165, 1.54) is 0 Å². The zero-order valence-corrected chi connectivity index (χ0v) is 9.23. The number of ketones is 1. The lowest BCUT2D eigenvalue weighted by Crippen LogP contribution is -2.39. The largest absolute Gasteiger partial charge is 0.485 e. The van der Waals surface area contributed by atoms with Crippen LogP contribution < -0.4 is 10.1 Å². The van der Waals surface area contributed by atoms with Gasteiger partial charge >= 0.3 is 0 Å². The molecule has 1 aliphatic heterocycles. The molecule has 0 amide bonds. The Morgan fingerprint density at radius 3 is 2.88 bits per heavy atom. The van der Waals surface area contributed by atoms with E-state index >= 15 is 0 Å². The fraction of sp³-hybridized carbons (Fsp3) is 0.417. The Morgan fingerprint density at radius 1 is 1.50 bits per heavy atom. The van der Waals surface area contributed by atoms with Gasteiger partial charge in [-0.15, -0.1) is 0 Å². The van der Waals surface area contributed by atoms with Crippen molar-refractivity contribution in [1.82, 2.24) is 5.32 Å². The molecule has 1 saturated heterocycles. The molecule has 86 valence electrons. The molecule has 0 saturated carbocycles. The zero-order chi connectivity index (χ0) is 11.4. The van der Waals surface area contributed by atoms with Gasteiger partial charge in [-0.05, 0) is 19.2 Å². The van der Waals surface area contributed by atoms with Crippen LogP contribution in [0.15, 0.2) is 24.3 Å². The van der Waals surface area contributed by atoms with Crippen LogP contribution in [0.4, 0.5) is 0 Å². The Labute approximate surface area is 94.6 Å². The van der Waals surface area contributed by atoms with Gasteiger partial charge in [-0.25, -0.2) is 0 Å². The molecule has 0 unspecified atom stereocenters. The number of hydrogen-bond donors (Lipinski definition) is 1. The molecule has 1 heterocycles. The van der Waals surface area contributed by atoms with Gasteiger partial charge in [0.05, 0.1) is 25.3 Å². The lowest BCUT2D eigenvalue weighted by molar-refractivity contribution is -0.0798. The van der Waals surface area contributed by atoms with E-state index in [0.29, 0.717) is 31.1 Å². The van der Waals surface area contributed by atoms with Crippen LogP contribution in [-0.2, 0) is 4.74 Å². The predicted molar refractivity (Wildman–Crippen MR) is 59.9 cm³/mol. The summed E-state index contributed by atoms with van der Waals surface area (Å²) in [5.41, 5.74) is 0.628. The maximum atomic E-state index is 11.8. The second-order valence-electron chi connectivity index (χ2n) is 3.73. The molecule has 4 heteroatoms. The van der Waals surface area contributed by atoms with Gasteiger partial charge in [-0.3, -0.25) is 4.79 Å². The van der Waals surface area contributed by atoms with Gasteiger partial charge in [-0.2, -0.15) is 0 Å². The summed E-state index contributed by atoms with van der Waals surface area (Å²) >= 11 is 0. The predicted octanol–water partition coefficient (Wildman–Crippen LogP) is 0.866. The van der Waals surface area contributed by atoms with Crippen LogP contribution in [0.2, 0.25) is 0 Å². The summed E-state index contributed by atoms with van der Waals surface area (Å²) in [6.07, 6.45) is 0.0866. The number of ether oxygens (including phenoxy) is 2. The first-order valence-corrected chi connectivity index (χ1v) is 5.32. The zero-order valence-electron chi connectivity index (χ0n) is 9.23. The van der Waals surface area contributed by atoms with Crippen LogP contribution in [0.25, 0.3) is 0 Å². The molecule has 1 aliphatic rings. The van der Waals surface area contributed by atoms with E-state index in [0.717, 1.165) is 0 Å². The van der Waals surface area contributed by atoms with Crippen molar-refractivity contribution in [2.24, 2.45) is 0 Å². The molecular formula is C12H15NO3. The first-order valence-electron chi connectivity index (χ1n) is 5.32. The average Bonchev–Trinajstić information content (AvgIpc) is 2.24. The van der Waals surface area contributed by atoms with Gasteiger partial charge < -0.3 is 14.8 Å². The molecule has 1 N–H and O–H groups in total. The molecule has 0 aliphatic carbocycles. The van der Waals surface area contributed by atoms with Crippen molar-refractivity contribution in [1.29, 1.82) is 0 Å². The van der Waals surface area contributed by atoms with Gasteiger partial charge in [0, 0.05) is 0 Å². The number of hydrogen-bond acceptors (Lipinski definition) is 4. The minimum absolute atomic E-state index is 0.0401. The summed E-state index contributed by atoms with van der Waals surface area (Å²) in [7, 11) is 1.75. The summed E-state index contributed by atoms with van der Waals surface area (Å²) in [4.78, 5) is 11.8. The molecule has 0 spiro atoms. The highest BCUT2D eigenvalue weighted by atomic mass is 16.6. The molecule has 0 atom stereocenters. The average molecular weight is 221 g/mol. The molecule has 1 fully saturated rings. The Balaban J connectivity index is 2.12. The molecule has 0 bridgehead atoms. The highest BCUT2D eigenvalue weighted by molar-refractivity contribution is 6.00. The van der Waals surface area contributed by atoms with Crippen molar-refractivity contribution in [3.63, 3.8) is 0 Å². The van der Waals surface area contributed by atoms with Gasteiger partial charge in [0.1, 0.15) is 11.9 Å². The number of Topliss-reactive ketones (excluding diaryl/α,β-unsaturated/α-hetero) is 1. The molecule has 0 radical (unpaired) electrons. The van der Waals surface area contributed by atoms with Crippen molar-refractivity contribution in [3.05, 3.63) is 29.8 Å². The summed E-state index contributed by atoms with van der Waals surface area (Å²) < 4.78 is 10.7. The van der Waals surface area contributed by atoms with Crippen LogP contribution in [0.1, 0.15) is 10.4 Å². The molecule has 1 aromatic carbocycles. The SMILES string of the molecule is CNCC(=O)c1ccccc1OC1COC1. The summed E-state index contributed by atoms with van der Waals surface area (Å²) in [5.74, 6) is 0.689. The third-order valence-corrected chi connectivity index (χ3v) is 2.43. The third kappa shape index (κ3) is 2.40. The molecule has 4 nitrogen and oxygen atoms in total. The van der Waals surface area contributed by atoms with Crippen LogP contribution >= 0.6 is 0 Å². The Kier molecular flexibility index (Phi) is 3.54. The van der Waals surface area contributed by atoms with E-state index in [-0.39, 0.29) is 11.9 Å². The molecular weight excluding hydrogens is 206 g/mol. The van der Waals surface area contributed by atoms with E-state index in [4.69, 9.17) is 9.47 Å². The number of benzene rings is 1. The van der Waals surface area contributed by atoms with Crippen LogP contribution in [0, 0.1) is 0 Å². The van der Waals surface area contributed by atoms with E-state index in [2.05, 4.69) is 5.32 Å². The number of likely N-dealkylation sites (N-methyl/N-ethyl adjacent to an activating group) is 1. The van der Waals surface area contributed by atoms with Crippen LogP contribution in [0.3, 0.4) is 0 Å². The van der Waals surface area contributed by atoms with Crippen molar-refractivity contribution in [3.8, 4) is 5.75 Å². The molecule has 1 aromatic rings. The van der Waals surface area contributed by atoms with Gasteiger partial charge in [0.25, 0.3) is 0 Å². The number of carbonyl (C=O) groups excluding carboxylic acids is 1. The number of carbonyl (C=O) groups is 1. The maximum Gasteiger partial charge on any atom is 0.180 e. The van der Waals surface area contributed by atoms with Crippen molar-refractivity contribution < 1.29 is 14.3 Å². The molecule has 0 aromatic heterocycles. The lowest BCUT2D eigenvalue weighted by Gasteiger charge is -2.27. The summed E-state index contributed by atoms with van der Waals surface area (Å²) in [6.45, 7) is 1.53. The van der Waals surface area contributed by atoms with E-state index in [9.17, 15) is 4.79 Å². The minimum Gasteiger partial charge on any atom is -0.485 e. The van der Waals surface area contributed by atoms with Crippen LogP contribution in [0.5, 0.6) is 5.75 Å². The van der Waals surface area contributed by atoms with E-state index in [1.54, 1.807) is 13.1 Å². The summed E-state index contributed by atoms with van der Waals surface area (Å²) in [6, 6.07) is 7.31. The normalized spacial score (nSPS) is 15.6.